The van der Waals surface area contributed by atoms with Crippen molar-refractivity contribution in [1.29, 1.82) is 0 Å². The van der Waals surface area contributed by atoms with Crippen LogP contribution >= 0.6 is 0 Å². The van der Waals surface area contributed by atoms with E-state index in [2.05, 4.69) is 5.32 Å². The van der Waals surface area contributed by atoms with Gasteiger partial charge in [-0.1, -0.05) is 6.07 Å². The number of rotatable bonds is 6. The highest BCUT2D eigenvalue weighted by Gasteiger charge is 2.15. The Morgan fingerprint density at radius 1 is 1.42 bits per heavy atom. The Kier molecular flexibility index (Phi) is 4.73. The van der Waals surface area contributed by atoms with Crippen molar-refractivity contribution in [2.24, 2.45) is 0 Å². The molecule has 0 unspecified atom stereocenters. The van der Waals surface area contributed by atoms with Crippen LogP contribution in [0.3, 0.4) is 0 Å². The lowest BCUT2D eigenvalue weighted by Gasteiger charge is -2.14. The SMILES string of the molecule is CN(C)S(=O)(=O)CCNc1c(N)cccc1C(=O)O. The van der Waals surface area contributed by atoms with Crippen molar-refractivity contribution in [2.45, 2.75) is 0 Å². The molecule has 0 saturated carbocycles. The number of carbonyl (C=O) groups is 1. The minimum Gasteiger partial charge on any atom is -0.478 e. The van der Waals surface area contributed by atoms with Gasteiger partial charge >= 0.3 is 5.97 Å². The van der Waals surface area contributed by atoms with E-state index in [1.165, 1.54) is 26.2 Å². The third kappa shape index (κ3) is 3.83. The molecule has 0 bridgehead atoms. The molecule has 1 aromatic rings. The molecule has 4 N–H and O–H groups in total. The van der Waals surface area contributed by atoms with E-state index in [4.69, 9.17) is 10.8 Å². The van der Waals surface area contributed by atoms with Gasteiger partial charge in [-0.25, -0.2) is 17.5 Å². The Morgan fingerprint density at radius 2 is 2.05 bits per heavy atom. The summed E-state index contributed by atoms with van der Waals surface area (Å²) in [4.78, 5) is 11.0. The minimum absolute atomic E-state index is 0.0160. The molecule has 1 rings (SSSR count). The number of nitrogen functional groups attached to an aromatic ring is 1. The molecule has 0 heterocycles. The molecule has 0 aliphatic carbocycles. The van der Waals surface area contributed by atoms with Gasteiger partial charge < -0.3 is 16.2 Å². The number of para-hydroxylation sites is 1. The number of nitrogens with zero attached hydrogens (tertiary/aromatic N) is 1. The highest BCUT2D eigenvalue weighted by Crippen LogP contribution is 2.23. The average Bonchev–Trinajstić information content (AvgIpc) is 2.30. The first kappa shape index (κ1) is 15.3. The summed E-state index contributed by atoms with van der Waals surface area (Å²) in [5, 5.41) is 11.8. The number of sulfonamides is 1. The highest BCUT2D eigenvalue weighted by molar-refractivity contribution is 7.89. The third-order valence-electron chi connectivity index (χ3n) is 2.55. The van der Waals surface area contributed by atoms with Crippen LogP contribution in [0, 0.1) is 0 Å². The quantitative estimate of drug-likeness (QED) is 0.647. The normalized spacial score (nSPS) is 11.5. The molecule has 1 aromatic carbocycles. The summed E-state index contributed by atoms with van der Waals surface area (Å²) in [5.41, 5.74) is 6.20. The summed E-state index contributed by atoms with van der Waals surface area (Å²) < 4.78 is 24.2. The fourth-order valence-electron chi connectivity index (χ4n) is 1.43. The van der Waals surface area contributed by atoms with Crippen LogP contribution < -0.4 is 11.1 Å². The average molecular weight is 287 g/mol. The van der Waals surface area contributed by atoms with Crippen LogP contribution in [-0.2, 0) is 10.0 Å². The number of nitrogens with one attached hydrogen (secondary N) is 1. The first-order valence-electron chi connectivity index (χ1n) is 5.51. The molecule has 0 spiro atoms. The van der Waals surface area contributed by atoms with E-state index in [0.29, 0.717) is 0 Å². The monoisotopic (exact) mass is 287 g/mol. The molecule has 0 saturated heterocycles. The zero-order valence-corrected chi connectivity index (χ0v) is 11.6. The number of carboxylic acids is 1. The van der Waals surface area contributed by atoms with Gasteiger partial charge in [0.2, 0.25) is 10.0 Å². The molecule has 0 aromatic heterocycles. The van der Waals surface area contributed by atoms with Crippen LogP contribution in [0.25, 0.3) is 0 Å². The maximum atomic E-state index is 11.6. The molecule has 0 radical (unpaired) electrons. The molecule has 19 heavy (non-hydrogen) atoms. The Labute approximate surface area is 112 Å². The van der Waals surface area contributed by atoms with Crippen molar-refractivity contribution < 1.29 is 18.3 Å². The lowest BCUT2D eigenvalue weighted by atomic mass is 10.1. The van der Waals surface area contributed by atoms with Crippen molar-refractivity contribution in [1.82, 2.24) is 4.31 Å². The van der Waals surface area contributed by atoms with Crippen molar-refractivity contribution in [3.63, 3.8) is 0 Å². The molecule has 8 heteroatoms. The standard InChI is InChI=1S/C11H17N3O4S/c1-14(2)19(17,18)7-6-13-10-8(11(15)16)4-3-5-9(10)12/h3-5,13H,6-7,12H2,1-2H3,(H,15,16). The Hall–Kier alpha value is -1.80. The molecule has 106 valence electrons. The summed E-state index contributed by atoms with van der Waals surface area (Å²) >= 11 is 0. The summed E-state index contributed by atoms with van der Waals surface area (Å²) in [7, 11) is -0.453. The molecule has 0 atom stereocenters. The van der Waals surface area contributed by atoms with E-state index < -0.39 is 16.0 Å². The fourth-order valence-corrected chi connectivity index (χ4v) is 2.16. The van der Waals surface area contributed by atoms with Crippen molar-refractivity contribution >= 4 is 27.4 Å². The van der Waals surface area contributed by atoms with Crippen LogP contribution in [0.5, 0.6) is 0 Å². The maximum absolute atomic E-state index is 11.6. The van der Waals surface area contributed by atoms with Crippen molar-refractivity contribution in [3.05, 3.63) is 23.8 Å². The van der Waals surface area contributed by atoms with Crippen molar-refractivity contribution in [2.75, 3.05) is 37.4 Å². The van der Waals surface area contributed by atoms with Gasteiger partial charge in [0.1, 0.15) is 0 Å². The van der Waals surface area contributed by atoms with Gasteiger partial charge in [0.05, 0.1) is 22.7 Å². The van der Waals surface area contributed by atoms with E-state index in [9.17, 15) is 13.2 Å². The van der Waals surface area contributed by atoms with Crippen LogP contribution in [-0.4, -0.2) is 50.2 Å². The maximum Gasteiger partial charge on any atom is 0.337 e. The summed E-state index contributed by atoms with van der Waals surface area (Å²) in [6, 6.07) is 4.48. The fraction of sp³-hybridized carbons (Fsp3) is 0.364. The molecule has 0 aliphatic heterocycles. The summed E-state index contributed by atoms with van der Waals surface area (Å²) in [6.45, 7) is 0.0784. The van der Waals surface area contributed by atoms with E-state index in [-0.39, 0.29) is 29.2 Å². The molecule has 7 nitrogen and oxygen atoms in total. The topological polar surface area (TPSA) is 113 Å². The second-order valence-electron chi connectivity index (χ2n) is 4.10. The van der Waals surface area contributed by atoms with Crippen molar-refractivity contribution in [3.8, 4) is 0 Å². The van der Waals surface area contributed by atoms with E-state index >= 15 is 0 Å². The number of hydrogen-bond acceptors (Lipinski definition) is 5. The molecule has 0 fully saturated rings. The zero-order chi connectivity index (χ0) is 14.6. The van der Waals surface area contributed by atoms with E-state index in [1.54, 1.807) is 6.07 Å². The third-order valence-corrected chi connectivity index (χ3v) is 4.38. The predicted octanol–water partition coefficient (Wildman–Crippen LogP) is 0.270. The molecular formula is C11H17N3O4S. The van der Waals surface area contributed by atoms with Crippen LogP contribution in [0.2, 0.25) is 0 Å². The molecular weight excluding hydrogens is 270 g/mol. The van der Waals surface area contributed by atoms with E-state index in [0.717, 1.165) is 4.31 Å². The Balaban J connectivity index is 2.82. The van der Waals surface area contributed by atoms with Gasteiger partial charge in [-0.05, 0) is 12.1 Å². The number of benzene rings is 1. The van der Waals surface area contributed by atoms with Gasteiger partial charge in [-0.2, -0.15) is 0 Å². The number of anilines is 2. The van der Waals surface area contributed by atoms with Gasteiger partial charge in [-0.15, -0.1) is 0 Å². The second-order valence-corrected chi connectivity index (χ2v) is 6.40. The Bertz CT molecular complexity index is 569. The van der Waals surface area contributed by atoms with Gasteiger partial charge in [0.15, 0.2) is 0 Å². The number of hydrogen-bond donors (Lipinski definition) is 3. The first-order valence-corrected chi connectivity index (χ1v) is 7.12. The van der Waals surface area contributed by atoms with Gasteiger partial charge in [0.25, 0.3) is 0 Å². The Morgan fingerprint density at radius 3 is 2.58 bits per heavy atom. The van der Waals surface area contributed by atoms with Gasteiger partial charge in [0, 0.05) is 20.6 Å². The first-order chi connectivity index (χ1) is 8.75. The smallest absolute Gasteiger partial charge is 0.337 e. The largest absolute Gasteiger partial charge is 0.478 e. The number of aromatic carboxylic acids is 1. The van der Waals surface area contributed by atoms with Crippen LogP contribution in [0.15, 0.2) is 18.2 Å². The lowest BCUT2D eigenvalue weighted by molar-refractivity contribution is 0.0698. The van der Waals surface area contributed by atoms with Gasteiger partial charge in [-0.3, -0.25) is 0 Å². The summed E-state index contributed by atoms with van der Waals surface area (Å²) in [5.74, 6) is -1.27. The highest BCUT2D eigenvalue weighted by atomic mass is 32.2. The predicted molar refractivity (Wildman–Crippen MR) is 73.8 cm³/mol. The molecule has 0 aliphatic rings. The molecule has 0 amide bonds. The zero-order valence-electron chi connectivity index (χ0n) is 10.8. The summed E-state index contributed by atoms with van der Waals surface area (Å²) in [6.07, 6.45) is 0. The minimum atomic E-state index is -3.33. The van der Waals surface area contributed by atoms with Crippen LogP contribution in [0.1, 0.15) is 10.4 Å². The number of nitrogens with two attached hydrogens (primary N) is 1. The van der Waals surface area contributed by atoms with Crippen LogP contribution in [0.4, 0.5) is 11.4 Å². The lowest BCUT2D eigenvalue weighted by Crippen LogP contribution is -2.28. The number of carboxylic acid groups (broad SMARTS) is 1. The second kappa shape index (κ2) is 5.89. The van der Waals surface area contributed by atoms with E-state index in [1.807, 2.05) is 0 Å².